The Morgan fingerprint density at radius 2 is 1.65 bits per heavy atom. The minimum Gasteiger partial charge on any atom is -0.486 e. The molecule has 2 heterocycles. The summed E-state index contributed by atoms with van der Waals surface area (Å²) in [6, 6.07) is 19.2. The summed E-state index contributed by atoms with van der Waals surface area (Å²) in [5.41, 5.74) is 2.03. The zero-order valence-electron chi connectivity index (χ0n) is 16.4. The molecule has 0 radical (unpaired) electrons. The molecule has 0 bridgehead atoms. The summed E-state index contributed by atoms with van der Waals surface area (Å²) in [7, 11) is 0. The molecule has 0 N–H and O–H groups in total. The maximum atomic E-state index is 13.3. The molecule has 0 fully saturated rings. The third-order valence-corrected chi connectivity index (χ3v) is 5.96. The number of halogens is 1. The lowest BCUT2D eigenvalue weighted by Gasteiger charge is -2.18. The largest absolute Gasteiger partial charge is 0.486 e. The summed E-state index contributed by atoms with van der Waals surface area (Å²) in [6.45, 7) is 0.983. The fourth-order valence-corrected chi connectivity index (χ4v) is 4.31. The van der Waals surface area contributed by atoms with Gasteiger partial charge in [-0.15, -0.1) is 10.2 Å². The Hall–Kier alpha value is -3.45. The minimum atomic E-state index is -0.300. The Bertz CT molecular complexity index is 1280. The van der Waals surface area contributed by atoms with Crippen LogP contribution in [-0.4, -0.2) is 34.9 Å². The van der Waals surface area contributed by atoms with Crippen molar-refractivity contribution in [2.24, 2.45) is 0 Å². The Labute approximate surface area is 182 Å². The van der Waals surface area contributed by atoms with Crippen molar-refractivity contribution in [2.75, 3.05) is 19.0 Å². The smallest absolute Gasteiger partial charge is 0.173 e. The second-order valence-corrected chi connectivity index (χ2v) is 7.94. The van der Waals surface area contributed by atoms with E-state index in [1.807, 2.05) is 24.3 Å². The lowest BCUT2D eigenvalue weighted by molar-refractivity contribution is 0.102. The van der Waals surface area contributed by atoms with Crippen LogP contribution in [0, 0.1) is 5.82 Å². The van der Waals surface area contributed by atoms with Crippen molar-refractivity contribution in [3.8, 4) is 22.8 Å². The molecule has 3 aromatic carbocycles. The first-order valence-corrected chi connectivity index (χ1v) is 10.7. The average Bonchev–Trinajstić information content (AvgIpc) is 2.82. The number of rotatable bonds is 5. The predicted octanol–water partition coefficient (Wildman–Crippen LogP) is 5.18. The van der Waals surface area contributed by atoms with Gasteiger partial charge in [0.15, 0.2) is 17.3 Å². The molecule has 0 unspecified atom stereocenters. The topological polar surface area (TPSA) is 61.3 Å². The van der Waals surface area contributed by atoms with E-state index < -0.39 is 0 Å². The van der Waals surface area contributed by atoms with Gasteiger partial charge in [0.1, 0.15) is 29.8 Å². The summed E-state index contributed by atoms with van der Waals surface area (Å²) in [5.74, 6) is 1.13. The van der Waals surface area contributed by atoms with Crippen LogP contribution in [-0.2, 0) is 0 Å². The predicted molar refractivity (Wildman–Crippen MR) is 117 cm³/mol. The normalized spacial score (nSPS) is 12.7. The second-order valence-electron chi connectivity index (χ2n) is 6.98. The number of ether oxygens (including phenoxy) is 2. The maximum absolute atomic E-state index is 13.3. The number of benzene rings is 3. The highest BCUT2D eigenvalue weighted by molar-refractivity contribution is 8.00. The molecule has 0 atom stereocenters. The van der Waals surface area contributed by atoms with Crippen LogP contribution < -0.4 is 9.47 Å². The van der Waals surface area contributed by atoms with Crippen molar-refractivity contribution in [2.45, 2.75) is 5.03 Å². The number of ketones is 1. The SMILES string of the molecule is O=C(CSc1nnc(-c2ccc(F)cc2)c2ccccc12)c1ccc2c(c1)OCCO2. The zero-order chi connectivity index (χ0) is 21.2. The van der Waals surface area contributed by atoms with Crippen LogP contribution in [0.1, 0.15) is 10.4 Å². The summed E-state index contributed by atoms with van der Waals surface area (Å²) >= 11 is 1.34. The first-order valence-electron chi connectivity index (χ1n) is 9.76. The van der Waals surface area contributed by atoms with Gasteiger partial charge in [0.2, 0.25) is 0 Å². The molecule has 0 amide bonds. The minimum absolute atomic E-state index is 0.0320. The van der Waals surface area contributed by atoms with E-state index >= 15 is 0 Å². The first kappa shape index (κ1) is 19.5. The van der Waals surface area contributed by atoms with Crippen molar-refractivity contribution in [1.29, 1.82) is 0 Å². The quantitative estimate of drug-likeness (QED) is 0.320. The molecule has 1 aromatic heterocycles. The Morgan fingerprint density at radius 1 is 0.903 bits per heavy atom. The van der Waals surface area contributed by atoms with Gasteiger partial charge >= 0.3 is 0 Å². The van der Waals surface area contributed by atoms with E-state index in [0.717, 1.165) is 16.3 Å². The van der Waals surface area contributed by atoms with E-state index in [9.17, 15) is 9.18 Å². The maximum Gasteiger partial charge on any atom is 0.173 e. The lowest BCUT2D eigenvalue weighted by atomic mass is 10.1. The van der Waals surface area contributed by atoms with Crippen LogP contribution in [0.3, 0.4) is 0 Å². The Morgan fingerprint density at radius 3 is 2.45 bits per heavy atom. The van der Waals surface area contributed by atoms with Crippen molar-refractivity contribution >= 4 is 28.3 Å². The molecular weight excluding hydrogens is 415 g/mol. The monoisotopic (exact) mass is 432 g/mol. The van der Waals surface area contributed by atoms with Crippen LogP contribution in [0.5, 0.6) is 11.5 Å². The van der Waals surface area contributed by atoms with Crippen LogP contribution in [0.2, 0.25) is 0 Å². The fraction of sp³-hybridized carbons (Fsp3) is 0.125. The van der Waals surface area contributed by atoms with Gasteiger partial charge in [0.05, 0.1) is 5.75 Å². The molecule has 7 heteroatoms. The number of aromatic nitrogens is 2. The molecule has 5 rings (SSSR count). The number of hydrogen-bond acceptors (Lipinski definition) is 6. The molecule has 0 spiro atoms. The lowest BCUT2D eigenvalue weighted by Crippen LogP contribution is -2.16. The van der Waals surface area contributed by atoms with E-state index in [0.29, 0.717) is 41.0 Å². The summed E-state index contributed by atoms with van der Waals surface area (Å²) in [4.78, 5) is 12.8. The second kappa shape index (κ2) is 8.35. The van der Waals surface area contributed by atoms with E-state index in [1.165, 1.54) is 23.9 Å². The van der Waals surface area contributed by atoms with Gasteiger partial charge in [0, 0.05) is 21.9 Å². The number of Topliss-reactive ketones (excluding diaryl/α,β-unsaturated/α-hetero) is 1. The number of carbonyl (C=O) groups is 1. The van der Waals surface area contributed by atoms with E-state index in [-0.39, 0.29) is 17.4 Å². The van der Waals surface area contributed by atoms with Gasteiger partial charge < -0.3 is 9.47 Å². The third kappa shape index (κ3) is 3.96. The van der Waals surface area contributed by atoms with Crippen molar-refractivity contribution in [3.63, 3.8) is 0 Å². The molecule has 1 aliphatic rings. The Balaban J connectivity index is 1.40. The highest BCUT2D eigenvalue weighted by atomic mass is 32.2. The number of fused-ring (bicyclic) bond motifs is 2. The molecule has 4 aromatic rings. The number of thioether (sulfide) groups is 1. The van der Waals surface area contributed by atoms with E-state index in [1.54, 1.807) is 30.3 Å². The van der Waals surface area contributed by atoms with Gasteiger partial charge in [-0.2, -0.15) is 0 Å². The van der Waals surface area contributed by atoms with Gasteiger partial charge in [-0.25, -0.2) is 4.39 Å². The molecule has 0 aliphatic carbocycles. The van der Waals surface area contributed by atoms with E-state index in [4.69, 9.17) is 9.47 Å². The number of carbonyl (C=O) groups excluding carboxylic acids is 1. The number of hydrogen-bond donors (Lipinski definition) is 0. The molecule has 5 nitrogen and oxygen atoms in total. The first-order chi connectivity index (χ1) is 15.2. The third-order valence-electron chi connectivity index (χ3n) is 4.98. The molecule has 1 aliphatic heterocycles. The van der Waals surface area contributed by atoms with Crippen LogP contribution in [0.4, 0.5) is 4.39 Å². The molecule has 31 heavy (non-hydrogen) atoms. The molecule has 0 saturated heterocycles. The summed E-state index contributed by atoms with van der Waals surface area (Å²) in [5, 5.41) is 11.2. The van der Waals surface area contributed by atoms with Crippen LogP contribution >= 0.6 is 11.8 Å². The molecule has 0 saturated carbocycles. The van der Waals surface area contributed by atoms with Crippen molar-refractivity contribution in [3.05, 3.63) is 78.1 Å². The van der Waals surface area contributed by atoms with Gasteiger partial charge in [0.25, 0.3) is 0 Å². The average molecular weight is 432 g/mol. The van der Waals surface area contributed by atoms with Gasteiger partial charge in [-0.1, -0.05) is 36.0 Å². The van der Waals surface area contributed by atoms with Gasteiger partial charge in [-0.05, 0) is 42.5 Å². The summed E-state index contributed by atoms with van der Waals surface area (Å²) in [6.07, 6.45) is 0. The van der Waals surface area contributed by atoms with Crippen molar-refractivity contribution < 1.29 is 18.7 Å². The highest BCUT2D eigenvalue weighted by Gasteiger charge is 2.17. The molecular formula is C24H17FN2O3S. The highest BCUT2D eigenvalue weighted by Crippen LogP contribution is 2.34. The Kier molecular flexibility index (Phi) is 5.26. The standard InChI is InChI=1S/C24H17FN2O3S/c25-17-8-5-15(6-9-17)23-18-3-1-2-4-19(18)24(27-26-23)31-14-20(28)16-7-10-21-22(13-16)30-12-11-29-21/h1-10,13H,11-12,14H2. The fourth-order valence-electron chi connectivity index (χ4n) is 3.44. The zero-order valence-corrected chi connectivity index (χ0v) is 17.2. The number of nitrogens with zero attached hydrogens (tertiary/aromatic N) is 2. The van der Waals surface area contributed by atoms with Crippen molar-refractivity contribution in [1.82, 2.24) is 10.2 Å². The molecule has 154 valence electrons. The van der Waals surface area contributed by atoms with Crippen LogP contribution in [0.15, 0.2) is 71.8 Å². The summed E-state index contributed by atoms with van der Waals surface area (Å²) < 4.78 is 24.4. The van der Waals surface area contributed by atoms with E-state index in [2.05, 4.69) is 10.2 Å². The van der Waals surface area contributed by atoms with Crippen LogP contribution in [0.25, 0.3) is 22.0 Å². The van der Waals surface area contributed by atoms with Gasteiger partial charge in [-0.3, -0.25) is 4.79 Å².